The highest BCUT2D eigenvalue weighted by atomic mass is 35.5. The fourth-order valence-corrected chi connectivity index (χ4v) is 7.56. The Hall–Kier alpha value is -2.26. The van der Waals surface area contributed by atoms with Gasteiger partial charge in [-0.05, 0) is 104 Å². The second-order valence-electron chi connectivity index (χ2n) is 12.2. The van der Waals surface area contributed by atoms with Crippen molar-refractivity contribution in [3.8, 4) is 5.75 Å². The van der Waals surface area contributed by atoms with E-state index in [1.54, 1.807) is 6.07 Å². The zero-order valence-electron chi connectivity index (χ0n) is 25.4. The van der Waals surface area contributed by atoms with E-state index in [0.717, 1.165) is 55.6 Å². The van der Waals surface area contributed by atoms with E-state index in [1.165, 1.54) is 17.5 Å². The molecule has 5 rings (SSSR count). The maximum Gasteiger partial charge on any atom is 0.261 e. The minimum Gasteiger partial charge on any atom is -0.491 e. The maximum absolute atomic E-state index is 15.3. The molecule has 3 aliphatic rings. The smallest absolute Gasteiger partial charge is 0.261 e. The van der Waals surface area contributed by atoms with Crippen molar-refractivity contribution in [3.05, 3.63) is 69.5 Å². The van der Waals surface area contributed by atoms with E-state index >= 15 is 4.39 Å². The number of benzene rings is 2. The number of anilines is 1. The Morgan fingerprint density at radius 1 is 1.21 bits per heavy atom. The Balaban J connectivity index is 1.53. The van der Waals surface area contributed by atoms with Crippen LogP contribution < -0.4 is 14.4 Å². The largest absolute Gasteiger partial charge is 0.491 e. The van der Waals surface area contributed by atoms with Crippen LogP contribution in [0.3, 0.4) is 0 Å². The number of carbonyl (C=O) groups excluding carboxylic acids is 1. The van der Waals surface area contributed by atoms with Gasteiger partial charge in [-0.1, -0.05) is 44.0 Å². The Morgan fingerprint density at radius 3 is 2.79 bits per heavy atom. The van der Waals surface area contributed by atoms with Gasteiger partial charge in [0, 0.05) is 29.8 Å². The number of nitrogens with zero attached hydrogens (tertiary/aromatic N) is 1. The van der Waals surface area contributed by atoms with E-state index in [1.807, 2.05) is 31.2 Å². The van der Waals surface area contributed by atoms with Gasteiger partial charge in [0.15, 0.2) is 0 Å². The van der Waals surface area contributed by atoms with Gasteiger partial charge < -0.3 is 19.5 Å². The van der Waals surface area contributed by atoms with E-state index in [-0.39, 0.29) is 40.6 Å². The zero-order chi connectivity index (χ0) is 30.5. The van der Waals surface area contributed by atoms with Crippen LogP contribution in [0.15, 0.2) is 42.0 Å². The molecule has 2 aromatic rings. The lowest BCUT2D eigenvalue weighted by atomic mass is 9.68. The van der Waals surface area contributed by atoms with Gasteiger partial charge in [0.2, 0.25) is 0 Å². The molecule has 43 heavy (non-hydrogen) atoms. The van der Waals surface area contributed by atoms with Gasteiger partial charge in [0.1, 0.15) is 11.6 Å². The first-order chi connectivity index (χ1) is 20.8. The molecule has 5 atom stereocenters. The molecule has 6 nitrogen and oxygen atoms in total. The number of amides is 1. The number of aliphatic hydroxyl groups is 1. The summed E-state index contributed by atoms with van der Waals surface area (Å²) < 4.78 is 31.0. The molecular formula is C34H44ClFN2O4S. The Bertz CT molecular complexity index is 1320. The molecule has 1 fully saturated rings. The standard InChI is InChI=1S/C34H44ClFN2O4S/c1-4-6-28-26(12-13-29(35)32(28)36)25-19-38-18-24-9-11-27(24)33(41-16-15-39)21(2)7-5-8-22(3)43-37-34(40)23-10-14-31(42-20-25)30(38)17-23/h7,10,12-14,17,22,24-25,27,33,39H,4-6,8-9,11,15-16,18-20H2,1-3H3,(H,37,40)/b21-7+/t22?,24-,25?,27?,33?/m0/s1. The van der Waals surface area contributed by atoms with E-state index in [4.69, 9.17) is 21.1 Å². The molecule has 0 spiro atoms. The van der Waals surface area contributed by atoms with Crippen molar-refractivity contribution in [1.29, 1.82) is 0 Å². The molecule has 2 aromatic carbocycles. The molecule has 234 valence electrons. The lowest BCUT2D eigenvalue weighted by Crippen LogP contribution is -2.45. The van der Waals surface area contributed by atoms with Crippen LogP contribution in [-0.2, 0) is 11.2 Å². The predicted molar refractivity (Wildman–Crippen MR) is 173 cm³/mol. The Kier molecular flexibility index (Phi) is 11.0. The third-order valence-corrected chi connectivity index (χ3v) is 10.4. The molecule has 1 aliphatic carbocycles. The number of aliphatic hydroxyl groups excluding tert-OH is 1. The summed E-state index contributed by atoms with van der Waals surface area (Å²) in [6, 6.07) is 9.26. The number of rotatable bonds is 6. The maximum atomic E-state index is 15.3. The molecular weight excluding hydrogens is 587 g/mol. The number of fused-ring (bicyclic) bond motifs is 2. The average molecular weight is 631 g/mol. The quantitative estimate of drug-likeness (QED) is 0.257. The second-order valence-corrected chi connectivity index (χ2v) is 13.8. The van der Waals surface area contributed by atoms with Crippen molar-refractivity contribution < 1.29 is 23.8 Å². The second kappa shape index (κ2) is 14.7. The van der Waals surface area contributed by atoms with Crippen molar-refractivity contribution in [2.24, 2.45) is 11.8 Å². The predicted octanol–water partition coefficient (Wildman–Crippen LogP) is 7.32. The van der Waals surface area contributed by atoms with Crippen LogP contribution >= 0.6 is 23.5 Å². The minimum absolute atomic E-state index is 0.00637. The molecule has 1 saturated carbocycles. The number of carbonyl (C=O) groups is 1. The molecule has 2 aliphatic heterocycles. The van der Waals surface area contributed by atoms with Crippen LogP contribution in [0.1, 0.15) is 80.3 Å². The fraction of sp³-hybridized carbons (Fsp3) is 0.559. The van der Waals surface area contributed by atoms with Gasteiger partial charge in [0.25, 0.3) is 5.91 Å². The van der Waals surface area contributed by atoms with Crippen molar-refractivity contribution in [2.75, 3.05) is 37.8 Å². The summed E-state index contributed by atoms with van der Waals surface area (Å²) in [5.41, 5.74) is 4.27. The summed E-state index contributed by atoms with van der Waals surface area (Å²) in [6.07, 6.45) is 7.59. The summed E-state index contributed by atoms with van der Waals surface area (Å²) in [5, 5.41) is 9.96. The SMILES string of the molecule is CCCc1c(C2COc3ccc4cc3N(C2)C[C@@H]2CCC2C(OCCO)/C(C)=C/CCC(C)SNC4=O)ccc(Cl)c1F. The summed E-state index contributed by atoms with van der Waals surface area (Å²) >= 11 is 7.67. The van der Waals surface area contributed by atoms with Gasteiger partial charge in [-0.15, -0.1) is 0 Å². The van der Waals surface area contributed by atoms with Crippen molar-refractivity contribution in [2.45, 2.75) is 76.6 Å². The van der Waals surface area contributed by atoms with Gasteiger partial charge in [-0.3, -0.25) is 9.52 Å². The first-order valence-corrected chi connectivity index (χ1v) is 16.9. The van der Waals surface area contributed by atoms with Crippen LogP contribution in [0.4, 0.5) is 10.1 Å². The third kappa shape index (κ3) is 7.35. The molecule has 9 heteroatoms. The number of nitrogens with one attached hydrogen (secondary N) is 1. The van der Waals surface area contributed by atoms with Crippen LogP contribution in [0, 0.1) is 17.7 Å². The monoisotopic (exact) mass is 630 g/mol. The number of hydrogen-bond donors (Lipinski definition) is 2. The van der Waals surface area contributed by atoms with Gasteiger partial charge in [-0.25, -0.2) is 4.39 Å². The molecule has 4 unspecified atom stereocenters. The van der Waals surface area contributed by atoms with Crippen molar-refractivity contribution in [1.82, 2.24) is 4.72 Å². The Morgan fingerprint density at radius 2 is 2.05 bits per heavy atom. The topological polar surface area (TPSA) is 71.0 Å². The summed E-state index contributed by atoms with van der Waals surface area (Å²) in [7, 11) is 0. The van der Waals surface area contributed by atoms with E-state index in [2.05, 4.69) is 29.5 Å². The number of halogens is 2. The first-order valence-electron chi connectivity index (χ1n) is 15.6. The normalized spacial score (nSPS) is 27.6. The van der Waals surface area contributed by atoms with Crippen LogP contribution in [-0.4, -0.2) is 55.3 Å². The molecule has 2 heterocycles. The van der Waals surface area contributed by atoms with Crippen LogP contribution in [0.25, 0.3) is 0 Å². The van der Waals surface area contributed by atoms with E-state index in [9.17, 15) is 9.90 Å². The number of hydrogen-bond acceptors (Lipinski definition) is 6. The number of allylic oxidation sites excluding steroid dienone is 1. The first kappa shape index (κ1) is 32.1. The number of ether oxygens (including phenoxy) is 2. The average Bonchev–Trinajstić information content (AvgIpc) is 3.17. The van der Waals surface area contributed by atoms with Crippen LogP contribution in [0.5, 0.6) is 5.75 Å². The van der Waals surface area contributed by atoms with Gasteiger partial charge in [0.05, 0.1) is 36.6 Å². The summed E-state index contributed by atoms with van der Waals surface area (Å²) in [6.45, 7) is 8.40. The highest BCUT2D eigenvalue weighted by molar-refractivity contribution is 7.98. The minimum atomic E-state index is -0.341. The highest BCUT2D eigenvalue weighted by Gasteiger charge is 2.40. The molecule has 2 bridgehead atoms. The molecule has 0 saturated heterocycles. The zero-order valence-corrected chi connectivity index (χ0v) is 27.0. The fourth-order valence-electron chi connectivity index (χ4n) is 6.70. The molecule has 2 N–H and O–H groups in total. The van der Waals surface area contributed by atoms with Crippen molar-refractivity contribution in [3.63, 3.8) is 0 Å². The highest BCUT2D eigenvalue weighted by Crippen LogP contribution is 2.44. The van der Waals surface area contributed by atoms with Crippen LogP contribution in [0.2, 0.25) is 5.02 Å². The third-order valence-electron chi connectivity index (χ3n) is 9.16. The summed E-state index contributed by atoms with van der Waals surface area (Å²) in [5.74, 6) is 0.864. The lowest BCUT2D eigenvalue weighted by Gasteiger charge is -2.45. The molecule has 0 radical (unpaired) electrons. The van der Waals surface area contributed by atoms with Gasteiger partial charge >= 0.3 is 0 Å². The molecule has 0 aromatic heterocycles. The van der Waals surface area contributed by atoms with Gasteiger partial charge in [-0.2, -0.15) is 0 Å². The molecule has 1 amide bonds. The summed E-state index contributed by atoms with van der Waals surface area (Å²) in [4.78, 5) is 15.6. The van der Waals surface area contributed by atoms with E-state index in [0.29, 0.717) is 49.1 Å². The lowest BCUT2D eigenvalue weighted by molar-refractivity contribution is -0.0317. The van der Waals surface area contributed by atoms with E-state index < -0.39 is 0 Å². The Labute approximate surface area is 264 Å². The van der Waals surface area contributed by atoms with Crippen molar-refractivity contribution >= 4 is 35.1 Å².